The maximum Gasteiger partial charge on any atom is 0.270 e. The monoisotopic (exact) mass is 224 g/mol. The van der Waals surface area contributed by atoms with Crippen LogP contribution in [0.1, 0.15) is 30.0 Å². The van der Waals surface area contributed by atoms with Crippen LogP contribution in [0.25, 0.3) is 0 Å². The molecule has 1 N–H and O–H groups in total. The highest BCUT2D eigenvalue weighted by atomic mass is 16.3. The quantitative estimate of drug-likeness (QED) is 0.838. The van der Waals surface area contributed by atoms with Gasteiger partial charge < -0.3 is 14.6 Å². The summed E-state index contributed by atoms with van der Waals surface area (Å²) in [7, 11) is 3.57. The molecule has 1 aromatic heterocycles. The predicted molar refractivity (Wildman–Crippen MR) is 63.4 cm³/mol. The number of hydrogen-bond donors (Lipinski definition) is 1. The fraction of sp³-hybridized carbons (Fsp3) is 0.583. The molecule has 1 heterocycles. The van der Waals surface area contributed by atoms with Crippen LogP contribution in [0.4, 0.5) is 0 Å². The molecule has 0 spiro atoms. The number of amides is 1. The van der Waals surface area contributed by atoms with E-state index in [4.69, 9.17) is 0 Å². The van der Waals surface area contributed by atoms with Gasteiger partial charge in [-0.05, 0) is 32.9 Å². The Kier molecular flexibility index (Phi) is 3.43. The van der Waals surface area contributed by atoms with E-state index in [0.717, 1.165) is 5.69 Å². The Labute approximate surface area is 96.5 Å². The van der Waals surface area contributed by atoms with Gasteiger partial charge in [0.15, 0.2) is 0 Å². The van der Waals surface area contributed by atoms with E-state index in [9.17, 15) is 9.90 Å². The van der Waals surface area contributed by atoms with Gasteiger partial charge in [-0.25, -0.2) is 0 Å². The zero-order valence-electron chi connectivity index (χ0n) is 10.6. The molecule has 1 rings (SSSR count). The van der Waals surface area contributed by atoms with Crippen molar-refractivity contribution in [2.75, 3.05) is 13.7 Å². The van der Waals surface area contributed by atoms with Gasteiger partial charge in [0.2, 0.25) is 0 Å². The highest BCUT2D eigenvalue weighted by Crippen LogP contribution is 2.16. The molecule has 16 heavy (non-hydrogen) atoms. The summed E-state index contributed by atoms with van der Waals surface area (Å²) in [5.41, 5.74) is 1.13. The predicted octanol–water partition coefficient (Wildman–Crippen LogP) is 1.18. The zero-order valence-corrected chi connectivity index (χ0v) is 10.6. The Morgan fingerprint density at radius 3 is 2.44 bits per heavy atom. The number of carbonyl (C=O) groups is 1. The Bertz CT molecular complexity index is 394. The minimum Gasteiger partial charge on any atom is -0.394 e. The first-order valence-electron chi connectivity index (χ1n) is 5.32. The molecule has 0 aliphatic carbocycles. The number of aromatic nitrogens is 1. The first kappa shape index (κ1) is 12.8. The smallest absolute Gasteiger partial charge is 0.270 e. The topological polar surface area (TPSA) is 45.5 Å². The second-order valence-electron chi connectivity index (χ2n) is 4.75. The van der Waals surface area contributed by atoms with Gasteiger partial charge in [0.1, 0.15) is 5.69 Å². The van der Waals surface area contributed by atoms with E-state index < -0.39 is 5.54 Å². The van der Waals surface area contributed by atoms with Gasteiger partial charge in [-0.1, -0.05) is 0 Å². The van der Waals surface area contributed by atoms with Crippen LogP contribution in [-0.4, -0.2) is 39.7 Å². The van der Waals surface area contributed by atoms with Gasteiger partial charge in [-0.15, -0.1) is 0 Å². The highest BCUT2D eigenvalue weighted by Gasteiger charge is 2.28. The summed E-state index contributed by atoms with van der Waals surface area (Å²) in [4.78, 5) is 13.7. The Morgan fingerprint density at radius 1 is 1.50 bits per heavy atom. The minimum absolute atomic E-state index is 0.0569. The summed E-state index contributed by atoms with van der Waals surface area (Å²) in [6, 6.07) is 3.72. The normalized spacial score (nSPS) is 11.6. The van der Waals surface area contributed by atoms with Gasteiger partial charge in [0, 0.05) is 19.8 Å². The van der Waals surface area contributed by atoms with E-state index in [1.165, 1.54) is 0 Å². The summed E-state index contributed by atoms with van der Waals surface area (Å²) in [5, 5.41) is 9.23. The molecule has 4 heteroatoms. The third-order valence-corrected chi connectivity index (χ3v) is 3.19. The van der Waals surface area contributed by atoms with Crippen molar-refractivity contribution in [3.8, 4) is 0 Å². The van der Waals surface area contributed by atoms with E-state index in [-0.39, 0.29) is 12.5 Å². The van der Waals surface area contributed by atoms with Crippen LogP contribution in [0.15, 0.2) is 12.1 Å². The van der Waals surface area contributed by atoms with Gasteiger partial charge in [-0.2, -0.15) is 0 Å². The van der Waals surface area contributed by atoms with E-state index in [0.29, 0.717) is 5.69 Å². The van der Waals surface area contributed by atoms with Crippen LogP contribution in [0.2, 0.25) is 0 Å². The van der Waals surface area contributed by atoms with E-state index in [1.807, 2.05) is 44.5 Å². The number of aliphatic hydroxyl groups is 1. The first-order valence-corrected chi connectivity index (χ1v) is 5.32. The van der Waals surface area contributed by atoms with Crippen LogP contribution < -0.4 is 0 Å². The molecule has 0 aromatic carbocycles. The average Bonchev–Trinajstić information content (AvgIpc) is 2.58. The summed E-state index contributed by atoms with van der Waals surface area (Å²) in [6.45, 7) is 5.56. The number of likely N-dealkylation sites (N-methyl/N-ethyl adjacent to an activating group) is 1. The number of aryl methyl sites for hydroxylation is 1. The fourth-order valence-corrected chi connectivity index (χ4v) is 1.38. The number of aliphatic hydroxyl groups excluding tert-OH is 1. The number of rotatable bonds is 3. The molecule has 0 unspecified atom stereocenters. The van der Waals surface area contributed by atoms with Crippen LogP contribution in [0, 0.1) is 6.92 Å². The van der Waals surface area contributed by atoms with E-state index in [1.54, 1.807) is 11.9 Å². The molecule has 0 bridgehead atoms. The Balaban J connectivity index is 2.99. The lowest BCUT2D eigenvalue weighted by molar-refractivity contribution is 0.0464. The molecular weight excluding hydrogens is 204 g/mol. The van der Waals surface area contributed by atoms with Crippen molar-refractivity contribution < 1.29 is 9.90 Å². The summed E-state index contributed by atoms with van der Waals surface area (Å²) in [5.74, 6) is -0.0744. The number of carbonyl (C=O) groups excluding carboxylic acids is 1. The fourth-order valence-electron chi connectivity index (χ4n) is 1.38. The third-order valence-electron chi connectivity index (χ3n) is 3.19. The third kappa shape index (κ3) is 2.11. The molecule has 90 valence electrons. The zero-order chi connectivity index (χ0) is 12.5. The van der Waals surface area contributed by atoms with Crippen molar-refractivity contribution in [2.24, 2.45) is 7.05 Å². The molecule has 0 radical (unpaired) electrons. The van der Waals surface area contributed by atoms with Crippen molar-refractivity contribution in [1.82, 2.24) is 9.47 Å². The van der Waals surface area contributed by atoms with Gasteiger partial charge >= 0.3 is 0 Å². The summed E-state index contributed by atoms with van der Waals surface area (Å²) < 4.78 is 1.85. The lowest BCUT2D eigenvalue weighted by Crippen LogP contribution is -2.48. The molecule has 0 aliphatic heterocycles. The molecule has 4 nitrogen and oxygen atoms in total. The molecule has 1 aromatic rings. The Morgan fingerprint density at radius 2 is 2.06 bits per heavy atom. The minimum atomic E-state index is -0.546. The Hall–Kier alpha value is -1.29. The van der Waals surface area contributed by atoms with E-state index in [2.05, 4.69) is 0 Å². The summed E-state index contributed by atoms with van der Waals surface area (Å²) in [6.07, 6.45) is 0. The SMILES string of the molecule is Cc1ccc(C(=O)N(C)C(C)(C)CO)n1C. The largest absolute Gasteiger partial charge is 0.394 e. The lowest BCUT2D eigenvalue weighted by atomic mass is 10.0. The first-order chi connectivity index (χ1) is 7.31. The highest BCUT2D eigenvalue weighted by molar-refractivity contribution is 5.93. The second kappa shape index (κ2) is 4.29. The van der Waals surface area contributed by atoms with Crippen molar-refractivity contribution in [3.05, 3.63) is 23.5 Å². The van der Waals surface area contributed by atoms with Crippen molar-refractivity contribution in [2.45, 2.75) is 26.3 Å². The molecule has 1 amide bonds. The van der Waals surface area contributed by atoms with Crippen LogP contribution in [-0.2, 0) is 7.05 Å². The van der Waals surface area contributed by atoms with Gasteiger partial charge in [-0.3, -0.25) is 4.79 Å². The van der Waals surface area contributed by atoms with Gasteiger partial charge in [0.05, 0.1) is 12.1 Å². The second-order valence-corrected chi connectivity index (χ2v) is 4.75. The standard InChI is InChI=1S/C12H20N2O2/c1-9-6-7-10(13(9)4)11(16)14(5)12(2,3)8-15/h6-7,15H,8H2,1-5H3. The van der Waals surface area contributed by atoms with Crippen LogP contribution >= 0.6 is 0 Å². The van der Waals surface area contributed by atoms with E-state index >= 15 is 0 Å². The van der Waals surface area contributed by atoms with Crippen molar-refractivity contribution >= 4 is 5.91 Å². The molecule has 0 saturated heterocycles. The maximum atomic E-state index is 12.2. The summed E-state index contributed by atoms with van der Waals surface area (Å²) >= 11 is 0. The molecule has 0 aliphatic rings. The number of nitrogens with zero attached hydrogens (tertiary/aromatic N) is 2. The van der Waals surface area contributed by atoms with Crippen molar-refractivity contribution in [3.63, 3.8) is 0 Å². The van der Waals surface area contributed by atoms with Crippen molar-refractivity contribution in [1.29, 1.82) is 0 Å². The molecule has 0 fully saturated rings. The lowest BCUT2D eigenvalue weighted by Gasteiger charge is -2.34. The maximum absolute atomic E-state index is 12.2. The average molecular weight is 224 g/mol. The number of hydrogen-bond acceptors (Lipinski definition) is 2. The van der Waals surface area contributed by atoms with Gasteiger partial charge in [0.25, 0.3) is 5.91 Å². The molecular formula is C12H20N2O2. The van der Waals surface area contributed by atoms with Crippen LogP contribution in [0.3, 0.4) is 0 Å². The molecule has 0 saturated carbocycles. The molecule has 0 atom stereocenters. The van der Waals surface area contributed by atoms with Crippen LogP contribution in [0.5, 0.6) is 0 Å².